The third-order valence-corrected chi connectivity index (χ3v) is 4.46. The van der Waals surface area contributed by atoms with Crippen molar-refractivity contribution in [1.29, 1.82) is 0 Å². The van der Waals surface area contributed by atoms with Gasteiger partial charge in [-0.2, -0.15) is 0 Å². The predicted molar refractivity (Wildman–Crippen MR) is 127 cm³/mol. The molecule has 0 aromatic heterocycles. The molecule has 0 bridgehead atoms. The highest BCUT2D eigenvalue weighted by atomic mass is 127. The van der Waals surface area contributed by atoms with Crippen LogP contribution < -0.4 is 16.0 Å². The zero-order valence-electron chi connectivity index (χ0n) is 17.2. The van der Waals surface area contributed by atoms with Crippen LogP contribution in [0.15, 0.2) is 53.5 Å². The van der Waals surface area contributed by atoms with Crippen molar-refractivity contribution in [3.63, 3.8) is 0 Å². The largest absolute Gasteiger partial charge is 0.356 e. The van der Waals surface area contributed by atoms with Crippen molar-refractivity contribution in [3.05, 3.63) is 71.0 Å². The van der Waals surface area contributed by atoms with Crippen molar-refractivity contribution in [2.24, 2.45) is 4.99 Å². The van der Waals surface area contributed by atoms with Crippen LogP contribution in [0.5, 0.6) is 0 Å². The fraction of sp³-hybridized carbons (Fsp3) is 0.364. The average molecular weight is 512 g/mol. The van der Waals surface area contributed by atoms with E-state index in [0.29, 0.717) is 25.0 Å². The van der Waals surface area contributed by atoms with Gasteiger partial charge in [0.15, 0.2) is 5.96 Å². The van der Waals surface area contributed by atoms with Crippen LogP contribution in [0.2, 0.25) is 0 Å². The van der Waals surface area contributed by atoms with Crippen molar-refractivity contribution >= 4 is 35.8 Å². The molecule has 0 aliphatic heterocycles. The average Bonchev–Trinajstić information content (AvgIpc) is 2.69. The number of aliphatic imine (C=N–C) groups is 1. The summed E-state index contributed by atoms with van der Waals surface area (Å²) in [4.78, 5) is 16.1. The van der Waals surface area contributed by atoms with E-state index in [0.717, 1.165) is 12.1 Å². The van der Waals surface area contributed by atoms with Gasteiger partial charge in [0.1, 0.15) is 5.82 Å². The van der Waals surface area contributed by atoms with Crippen LogP contribution in [0, 0.1) is 12.7 Å². The van der Waals surface area contributed by atoms with Gasteiger partial charge in [-0.25, -0.2) is 4.39 Å². The Labute approximate surface area is 189 Å². The predicted octanol–water partition coefficient (Wildman–Crippen LogP) is 3.38. The number of amides is 1. The van der Waals surface area contributed by atoms with Crippen LogP contribution in [-0.2, 0) is 11.2 Å². The van der Waals surface area contributed by atoms with Crippen LogP contribution in [-0.4, -0.2) is 38.5 Å². The van der Waals surface area contributed by atoms with Gasteiger partial charge in [0.25, 0.3) is 0 Å². The maximum Gasteiger partial charge on any atom is 0.224 e. The second kappa shape index (κ2) is 13.1. The Bertz CT molecular complexity index is 778. The molecule has 2 aromatic carbocycles. The van der Waals surface area contributed by atoms with Gasteiger partial charge in [-0.05, 0) is 36.1 Å². The van der Waals surface area contributed by atoms with Crippen molar-refractivity contribution in [3.8, 4) is 0 Å². The molecule has 3 N–H and O–H groups in total. The number of carbonyl (C=O) groups excluding carboxylic acids is 1. The van der Waals surface area contributed by atoms with E-state index in [1.807, 2.05) is 0 Å². The molecule has 2 aromatic rings. The minimum absolute atomic E-state index is 0. The monoisotopic (exact) mass is 512 g/mol. The highest BCUT2D eigenvalue weighted by Gasteiger charge is 2.07. The number of carbonyl (C=O) groups is 1. The molecule has 1 atom stereocenters. The zero-order chi connectivity index (χ0) is 20.4. The number of nitrogens with zero attached hydrogens (tertiary/aromatic N) is 1. The van der Waals surface area contributed by atoms with E-state index in [1.54, 1.807) is 19.2 Å². The van der Waals surface area contributed by atoms with Crippen LogP contribution in [0.4, 0.5) is 4.39 Å². The van der Waals surface area contributed by atoms with Crippen molar-refractivity contribution in [1.82, 2.24) is 16.0 Å². The highest BCUT2D eigenvalue weighted by molar-refractivity contribution is 14.0. The molecule has 1 amide bonds. The Kier molecular flexibility index (Phi) is 11.3. The van der Waals surface area contributed by atoms with Crippen molar-refractivity contribution in [2.75, 3.05) is 26.7 Å². The molecule has 0 saturated heterocycles. The van der Waals surface area contributed by atoms with Crippen LogP contribution in [0.1, 0.15) is 29.5 Å². The molecule has 158 valence electrons. The lowest BCUT2D eigenvalue weighted by Gasteiger charge is -2.16. The standard InChI is InChI=1S/C22H29FN4O.HI/c1-16-4-8-19(9-5-16)17(2)15-27-22(24-3)26-13-12-25-21(28)14-18-6-10-20(23)11-7-18;/h4-11,17H,12-15H2,1-3H3,(H,25,28)(H2,24,26,27);1H. The van der Waals surface area contributed by atoms with Gasteiger partial charge in [-0.15, -0.1) is 24.0 Å². The van der Waals surface area contributed by atoms with Gasteiger partial charge in [-0.3, -0.25) is 9.79 Å². The lowest BCUT2D eigenvalue weighted by Crippen LogP contribution is -2.42. The number of hydrogen-bond acceptors (Lipinski definition) is 2. The summed E-state index contributed by atoms with van der Waals surface area (Å²) in [6.45, 7) is 6.05. The normalized spacial score (nSPS) is 11.9. The molecule has 0 radical (unpaired) electrons. The number of rotatable bonds is 8. The minimum atomic E-state index is -0.302. The molecule has 29 heavy (non-hydrogen) atoms. The lowest BCUT2D eigenvalue weighted by atomic mass is 10.0. The fourth-order valence-corrected chi connectivity index (χ4v) is 2.72. The molecule has 5 nitrogen and oxygen atoms in total. The Hall–Kier alpha value is -2.16. The summed E-state index contributed by atoms with van der Waals surface area (Å²) in [5.74, 6) is 0.662. The summed E-state index contributed by atoms with van der Waals surface area (Å²) in [7, 11) is 1.72. The Morgan fingerprint density at radius 3 is 2.24 bits per heavy atom. The van der Waals surface area contributed by atoms with Gasteiger partial charge in [0.2, 0.25) is 5.91 Å². The molecule has 0 saturated carbocycles. The number of aryl methyl sites for hydroxylation is 1. The molecule has 1 unspecified atom stereocenters. The maximum atomic E-state index is 12.9. The molecule has 0 spiro atoms. The lowest BCUT2D eigenvalue weighted by molar-refractivity contribution is -0.120. The molecule has 2 rings (SSSR count). The summed E-state index contributed by atoms with van der Waals surface area (Å²) in [6, 6.07) is 14.5. The quantitative estimate of drug-likeness (QED) is 0.220. The first kappa shape index (κ1) is 24.9. The van der Waals surface area contributed by atoms with E-state index >= 15 is 0 Å². The van der Waals surface area contributed by atoms with Gasteiger partial charge >= 0.3 is 0 Å². The summed E-state index contributed by atoms with van der Waals surface area (Å²) in [5.41, 5.74) is 3.32. The van der Waals surface area contributed by atoms with E-state index in [9.17, 15) is 9.18 Å². The second-order valence-corrected chi connectivity index (χ2v) is 6.84. The fourth-order valence-electron chi connectivity index (χ4n) is 2.72. The molecule has 0 aliphatic carbocycles. The topological polar surface area (TPSA) is 65.5 Å². The minimum Gasteiger partial charge on any atom is -0.356 e. The number of guanidine groups is 1. The molecule has 7 heteroatoms. The number of nitrogens with one attached hydrogen (secondary N) is 3. The maximum absolute atomic E-state index is 12.9. The van der Waals surface area contributed by atoms with E-state index in [2.05, 4.69) is 59.1 Å². The van der Waals surface area contributed by atoms with Crippen LogP contribution >= 0.6 is 24.0 Å². The molecule has 0 aliphatic rings. The number of hydrogen-bond donors (Lipinski definition) is 3. The highest BCUT2D eigenvalue weighted by Crippen LogP contribution is 2.14. The van der Waals surface area contributed by atoms with Gasteiger partial charge in [0.05, 0.1) is 6.42 Å². The SMILES string of the molecule is CN=C(NCCNC(=O)Cc1ccc(F)cc1)NCC(C)c1ccc(C)cc1.I. The Morgan fingerprint density at radius 1 is 1.00 bits per heavy atom. The first-order chi connectivity index (χ1) is 13.5. The third-order valence-electron chi connectivity index (χ3n) is 4.46. The molecular weight excluding hydrogens is 482 g/mol. The van der Waals surface area contributed by atoms with Crippen LogP contribution in [0.25, 0.3) is 0 Å². The van der Waals surface area contributed by atoms with Crippen molar-refractivity contribution < 1.29 is 9.18 Å². The number of benzene rings is 2. The first-order valence-electron chi connectivity index (χ1n) is 9.50. The first-order valence-corrected chi connectivity index (χ1v) is 9.50. The number of halogens is 2. The van der Waals surface area contributed by atoms with E-state index in [4.69, 9.17) is 0 Å². The van der Waals surface area contributed by atoms with Crippen molar-refractivity contribution in [2.45, 2.75) is 26.2 Å². The zero-order valence-corrected chi connectivity index (χ0v) is 19.5. The van der Waals surface area contributed by atoms with Gasteiger partial charge in [-0.1, -0.05) is 48.9 Å². The second-order valence-electron chi connectivity index (χ2n) is 6.84. The van der Waals surface area contributed by atoms with E-state index in [-0.39, 0.29) is 42.1 Å². The third kappa shape index (κ3) is 9.25. The van der Waals surface area contributed by atoms with Gasteiger partial charge < -0.3 is 16.0 Å². The molecular formula is C22H30FIN4O. The summed E-state index contributed by atoms with van der Waals surface area (Å²) < 4.78 is 12.9. The summed E-state index contributed by atoms with van der Waals surface area (Å²) in [6.07, 6.45) is 0.237. The summed E-state index contributed by atoms with van der Waals surface area (Å²) >= 11 is 0. The summed E-state index contributed by atoms with van der Waals surface area (Å²) in [5, 5.41) is 9.34. The molecule has 0 heterocycles. The van der Waals surface area contributed by atoms with E-state index < -0.39 is 0 Å². The molecule has 0 fully saturated rings. The Morgan fingerprint density at radius 2 is 1.62 bits per heavy atom. The smallest absolute Gasteiger partial charge is 0.224 e. The Balaban J connectivity index is 0.00000420. The van der Waals surface area contributed by atoms with Gasteiger partial charge in [0, 0.05) is 26.7 Å². The van der Waals surface area contributed by atoms with E-state index in [1.165, 1.54) is 23.3 Å². The van der Waals surface area contributed by atoms with Crippen LogP contribution in [0.3, 0.4) is 0 Å².